The van der Waals surface area contributed by atoms with E-state index in [4.69, 9.17) is 4.74 Å². The molecule has 1 amide bonds. The molecule has 0 aliphatic carbocycles. The van der Waals surface area contributed by atoms with Crippen molar-refractivity contribution >= 4 is 32.6 Å². The summed E-state index contributed by atoms with van der Waals surface area (Å²) in [5.41, 5.74) is 2.87. The minimum Gasteiger partial charge on any atom is -0.379 e. The van der Waals surface area contributed by atoms with E-state index >= 15 is 0 Å². The van der Waals surface area contributed by atoms with E-state index in [0.717, 1.165) is 55.4 Å². The Labute approximate surface area is 201 Å². The Kier molecular flexibility index (Phi) is 6.66. The second kappa shape index (κ2) is 10.0. The first-order valence-electron chi connectivity index (χ1n) is 11.4. The third-order valence-electron chi connectivity index (χ3n) is 6.02. The number of fused-ring (bicyclic) bond motifs is 1. The molecule has 9 heteroatoms. The van der Waals surface area contributed by atoms with Gasteiger partial charge in [0.2, 0.25) is 0 Å². The summed E-state index contributed by atoms with van der Waals surface area (Å²) >= 11 is 1.33. The van der Waals surface area contributed by atoms with Gasteiger partial charge in [-0.05, 0) is 43.7 Å². The number of benzene rings is 2. The van der Waals surface area contributed by atoms with Gasteiger partial charge in [-0.25, -0.2) is 14.1 Å². The molecule has 2 aromatic heterocycles. The fourth-order valence-electron chi connectivity index (χ4n) is 4.16. The standard InChI is InChI=1S/C25H26FN5O2S/c1-18-21(17-27-31(18)20-6-3-2-4-7-20)24(32)30(11-5-10-29-12-14-33-15-13-29)25-28-22-9-8-19(26)16-23(22)34-25/h2-4,6-9,16-17H,5,10-15H2,1H3. The fourth-order valence-corrected chi connectivity index (χ4v) is 5.17. The van der Waals surface area contributed by atoms with Gasteiger partial charge in [-0.2, -0.15) is 5.10 Å². The predicted molar refractivity (Wildman–Crippen MR) is 131 cm³/mol. The number of carbonyl (C=O) groups is 1. The number of amides is 1. The third-order valence-corrected chi connectivity index (χ3v) is 7.06. The van der Waals surface area contributed by atoms with Crippen LogP contribution in [-0.4, -0.2) is 65.0 Å². The zero-order chi connectivity index (χ0) is 23.5. The van der Waals surface area contributed by atoms with Gasteiger partial charge in [-0.3, -0.25) is 14.6 Å². The molecule has 0 atom stereocenters. The average Bonchev–Trinajstić information content (AvgIpc) is 3.45. The van der Waals surface area contributed by atoms with Crippen molar-refractivity contribution in [2.75, 3.05) is 44.3 Å². The van der Waals surface area contributed by atoms with E-state index in [1.165, 1.54) is 23.5 Å². The van der Waals surface area contributed by atoms with Crippen molar-refractivity contribution in [2.24, 2.45) is 0 Å². The van der Waals surface area contributed by atoms with E-state index in [9.17, 15) is 9.18 Å². The number of nitrogens with zero attached hydrogens (tertiary/aromatic N) is 5. The van der Waals surface area contributed by atoms with E-state index in [-0.39, 0.29) is 11.7 Å². The van der Waals surface area contributed by atoms with Crippen LogP contribution in [0.1, 0.15) is 22.5 Å². The van der Waals surface area contributed by atoms with Crippen LogP contribution in [0.15, 0.2) is 54.7 Å². The summed E-state index contributed by atoms with van der Waals surface area (Å²) < 4.78 is 21.7. The second-order valence-electron chi connectivity index (χ2n) is 8.26. The summed E-state index contributed by atoms with van der Waals surface area (Å²) in [7, 11) is 0. The molecule has 4 aromatic rings. The van der Waals surface area contributed by atoms with Crippen LogP contribution in [-0.2, 0) is 4.74 Å². The number of halogens is 1. The van der Waals surface area contributed by atoms with Gasteiger partial charge in [0.25, 0.3) is 5.91 Å². The molecule has 0 spiro atoms. The molecule has 7 nitrogen and oxygen atoms in total. The molecule has 5 rings (SSSR count). The van der Waals surface area contributed by atoms with E-state index in [2.05, 4.69) is 15.0 Å². The van der Waals surface area contributed by atoms with Crippen LogP contribution in [0.2, 0.25) is 0 Å². The van der Waals surface area contributed by atoms with Crippen LogP contribution < -0.4 is 4.90 Å². The topological polar surface area (TPSA) is 63.5 Å². The number of ether oxygens (including phenoxy) is 1. The van der Waals surface area contributed by atoms with Gasteiger partial charge in [0.05, 0.1) is 46.6 Å². The average molecular weight is 480 g/mol. The summed E-state index contributed by atoms with van der Waals surface area (Å²) in [5.74, 6) is -0.464. The molecule has 1 fully saturated rings. The largest absolute Gasteiger partial charge is 0.379 e. The molecule has 0 radical (unpaired) electrons. The highest BCUT2D eigenvalue weighted by atomic mass is 32.1. The fraction of sp³-hybridized carbons (Fsp3) is 0.320. The van der Waals surface area contributed by atoms with Crippen LogP contribution in [0, 0.1) is 12.7 Å². The normalized spacial score (nSPS) is 14.5. The molecule has 0 unspecified atom stereocenters. The third kappa shape index (κ3) is 4.72. The zero-order valence-corrected chi connectivity index (χ0v) is 19.8. The van der Waals surface area contributed by atoms with Crippen molar-refractivity contribution in [3.05, 3.63) is 71.8 Å². The van der Waals surface area contributed by atoms with Crippen LogP contribution in [0.5, 0.6) is 0 Å². The smallest absolute Gasteiger partial charge is 0.263 e. The maximum Gasteiger partial charge on any atom is 0.263 e. The summed E-state index contributed by atoms with van der Waals surface area (Å²) in [4.78, 5) is 22.5. The van der Waals surface area contributed by atoms with E-state index in [1.807, 2.05) is 37.3 Å². The lowest BCUT2D eigenvalue weighted by atomic mass is 10.2. The molecule has 0 N–H and O–H groups in total. The lowest BCUT2D eigenvalue weighted by Crippen LogP contribution is -2.39. The highest BCUT2D eigenvalue weighted by molar-refractivity contribution is 7.22. The Bertz CT molecular complexity index is 1280. The van der Waals surface area contributed by atoms with Crippen LogP contribution >= 0.6 is 11.3 Å². The van der Waals surface area contributed by atoms with Crippen LogP contribution in [0.4, 0.5) is 9.52 Å². The number of aromatic nitrogens is 3. The summed E-state index contributed by atoms with van der Waals surface area (Å²) in [5, 5.41) is 5.04. The van der Waals surface area contributed by atoms with Gasteiger partial charge in [0.1, 0.15) is 5.82 Å². The predicted octanol–water partition coefficient (Wildman–Crippen LogP) is 4.30. The van der Waals surface area contributed by atoms with Crippen molar-refractivity contribution in [2.45, 2.75) is 13.3 Å². The summed E-state index contributed by atoms with van der Waals surface area (Å²) in [6.45, 7) is 6.55. The molecule has 176 valence electrons. The Hall–Kier alpha value is -3.14. The molecule has 0 saturated carbocycles. The van der Waals surface area contributed by atoms with Crippen molar-refractivity contribution < 1.29 is 13.9 Å². The maximum absolute atomic E-state index is 13.8. The van der Waals surface area contributed by atoms with Crippen LogP contribution in [0.3, 0.4) is 0 Å². The SMILES string of the molecule is Cc1c(C(=O)N(CCCN2CCOCC2)c2nc3ccc(F)cc3s2)cnn1-c1ccccc1. The first-order chi connectivity index (χ1) is 16.6. The number of thiazole rings is 1. The molecule has 1 saturated heterocycles. The number of anilines is 1. The zero-order valence-electron chi connectivity index (χ0n) is 19.0. The number of para-hydroxylation sites is 1. The molecule has 1 aliphatic rings. The minimum absolute atomic E-state index is 0.152. The highest BCUT2D eigenvalue weighted by Crippen LogP contribution is 2.31. The van der Waals surface area contributed by atoms with E-state index in [1.54, 1.807) is 21.8 Å². The molecule has 2 aromatic carbocycles. The molecule has 34 heavy (non-hydrogen) atoms. The summed E-state index contributed by atoms with van der Waals surface area (Å²) in [6, 6.07) is 14.2. The Morgan fingerprint density at radius 3 is 2.76 bits per heavy atom. The van der Waals surface area contributed by atoms with Gasteiger partial charge in [-0.15, -0.1) is 0 Å². The van der Waals surface area contributed by atoms with Crippen molar-refractivity contribution in [3.8, 4) is 5.69 Å². The molecule has 1 aliphatic heterocycles. The molecule has 0 bridgehead atoms. The lowest BCUT2D eigenvalue weighted by molar-refractivity contribution is 0.0376. The quantitative estimate of drug-likeness (QED) is 0.396. The van der Waals surface area contributed by atoms with E-state index in [0.29, 0.717) is 22.8 Å². The van der Waals surface area contributed by atoms with Crippen molar-refractivity contribution in [3.63, 3.8) is 0 Å². The van der Waals surface area contributed by atoms with Crippen molar-refractivity contribution in [1.82, 2.24) is 19.7 Å². The second-order valence-corrected chi connectivity index (χ2v) is 9.27. The monoisotopic (exact) mass is 479 g/mol. The number of hydrogen-bond donors (Lipinski definition) is 0. The van der Waals surface area contributed by atoms with Gasteiger partial charge in [0, 0.05) is 26.2 Å². The number of morpholine rings is 1. The van der Waals surface area contributed by atoms with Gasteiger partial charge < -0.3 is 4.74 Å². The number of hydrogen-bond acceptors (Lipinski definition) is 6. The number of carbonyl (C=O) groups excluding carboxylic acids is 1. The summed E-state index contributed by atoms with van der Waals surface area (Å²) in [6.07, 6.45) is 2.41. The van der Waals surface area contributed by atoms with Crippen molar-refractivity contribution in [1.29, 1.82) is 0 Å². The van der Waals surface area contributed by atoms with Gasteiger partial charge >= 0.3 is 0 Å². The lowest BCUT2D eigenvalue weighted by Gasteiger charge is -2.27. The minimum atomic E-state index is -0.312. The van der Waals surface area contributed by atoms with Gasteiger partial charge in [-0.1, -0.05) is 29.5 Å². The molecule has 3 heterocycles. The number of rotatable bonds is 7. The first kappa shape index (κ1) is 22.6. The van der Waals surface area contributed by atoms with Gasteiger partial charge in [0.15, 0.2) is 5.13 Å². The van der Waals surface area contributed by atoms with E-state index < -0.39 is 0 Å². The molecular formula is C25H26FN5O2S. The molecular weight excluding hydrogens is 453 g/mol. The first-order valence-corrected chi connectivity index (χ1v) is 12.2. The highest BCUT2D eigenvalue weighted by Gasteiger charge is 2.25. The Balaban J connectivity index is 1.43. The maximum atomic E-state index is 13.8. The Morgan fingerprint density at radius 2 is 1.97 bits per heavy atom. The van der Waals surface area contributed by atoms with Crippen LogP contribution in [0.25, 0.3) is 15.9 Å². The Morgan fingerprint density at radius 1 is 1.18 bits per heavy atom.